The second-order valence-corrected chi connectivity index (χ2v) is 2.34. The van der Waals surface area contributed by atoms with E-state index in [1.165, 1.54) is 12.8 Å². The zero-order chi connectivity index (χ0) is 5.40. The van der Waals surface area contributed by atoms with Crippen LogP contribution in [0.1, 0.15) is 12.8 Å². The highest BCUT2D eigenvalue weighted by Crippen LogP contribution is 2.18. The van der Waals surface area contributed by atoms with Crippen molar-refractivity contribution in [3.05, 3.63) is 12.2 Å². The van der Waals surface area contributed by atoms with E-state index in [1.807, 2.05) is 0 Å². The van der Waals surface area contributed by atoms with E-state index >= 15 is 0 Å². The summed E-state index contributed by atoms with van der Waals surface area (Å²) in [5, 5.41) is 0. The van der Waals surface area contributed by atoms with Gasteiger partial charge in [0.2, 0.25) is 0 Å². The van der Waals surface area contributed by atoms with Crippen LogP contribution in [-0.2, 0) is 4.84 Å². The van der Waals surface area contributed by atoms with Crippen molar-refractivity contribution in [3.8, 4) is 0 Å². The first-order valence-corrected chi connectivity index (χ1v) is 3.04. The van der Waals surface area contributed by atoms with Gasteiger partial charge >= 0.3 is 0 Å². The van der Waals surface area contributed by atoms with Crippen molar-refractivity contribution in [1.29, 1.82) is 0 Å². The Kier molecular flexibility index (Phi) is 2.11. The fourth-order valence-corrected chi connectivity index (χ4v) is 1.17. The highest BCUT2D eigenvalue weighted by molar-refractivity contribution is 5.85. The highest BCUT2D eigenvalue weighted by atomic mass is 35.5. The van der Waals surface area contributed by atoms with Crippen LogP contribution in [0.3, 0.4) is 0 Å². The summed E-state index contributed by atoms with van der Waals surface area (Å²) in [4.78, 5) is 5.14. The molecule has 2 aliphatic heterocycles. The van der Waals surface area contributed by atoms with Crippen LogP contribution in [0.2, 0.25) is 0 Å². The number of hydrogen-bond donors (Lipinski definition) is 1. The number of fused-ring (bicyclic) bond motifs is 2. The van der Waals surface area contributed by atoms with Crippen LogP contribution in [-0.4, -0.2) is 12.1 Å². The lowest BCUT2D eigenvalue weighted by atomic mass is 10.00. The summed E-state index contributed by atoms with van der Waals surface area (Å²) in [5.74, 6) is 0. The van der Waals surface area contributed by atoms with Crippen molar-refractivity contribution < 1.29 is 4.84 Å². The molecule has 52 valence electrons. The molecule has 2 bridgehead atoms. The van der Waals surface area contributed by atoms with E-state index < -0.39 is 0 Å². The monoisotopic (exact) mass is 147 g/mol. The van der Waals surface area contributed by atoms with E-state index in [0.29, 0.717) is 12.1 Å². The molecule has 1 saturated heterocycles. The first-order valence-electron chi connectivity index (χ1n) is 3.04. The van der Waals surface area contributed by atoms with Gasteiger partial charge in [0.05, 0.1) is 12.1 Å². The third kappa shape index (κ3) is 1.26. The van der Waals surface area contributed by atoms with E-state index in [9.17, 15) is 0 Å². The predicted molar refractivity (Wildman–Crippen MR) is 37.4 cm³/mol. The molecule has 0 amide bonds. The maximum Gasteiger partial charge on any atom is 0.0972 e. The maximum atomic E-state index is 5.14. The van der Waals surface area contributed by atoms with Gasteiger partial charge in [0.1, 0.15) is 0 Å². The van der Waals surface area contributed by atoms with Gasteiger partial charge in [-0.15, -0.1) is 12.4 Å². The van der Waals surface area contributed by atoms with Crippen LogP contribution in [0.25, 0.3) is 0 Å². The van der Waals surface area contributed by atoms with Crippen molar-refractivity contribution in [3.63, 3.8) is 0 Å². The van der Waals surface area contributed by atoms with E-state index in [2.05, 4.69) is 17.6 Å². The third-order valence-electron chi connectivity index (χ3n) is 1.69. The molecule has 2 unspecified atom stereocenters. The smallest absolute Gasteiger partial charge is 0.0972 e. The Morgan fingerprint density at radius 1 is 1.33 bits per heavy atom. The molecule has 1 N–H and O–H groups in total. The lowest BCUT2D eigenvalue weighted by molar-refractivity contribution is -0.0574. The molecule has 2 atom stereocenters. The van der Waals surface area contributed by atoms with Crippen LogP contribution in [0.15, 0.2) is 12.2 Å². The zero-order valence-corrected chi connectivity index (χ0v) is 5.86. The molecule has 1 aliphatic carbocycles. The fourth-order valence-electron chi connectivity index (χ4n) is 1.17. The third-order valence-corrected chi connectivity index (χ3v) is 1.69. The highest BCUT2D eigenvalue weighted by Gasteiger charge is 2.22. The predicted octanol–water partition coefficient (Wildman–Crippen LogP) is 1.03. The summed E-state index contributed by atoms with van der Waals surface area (Å²) in [7, 11) is 0. The molecule has 0 aromatic carbocycles. The normalized spacial score (nSPS) is 38.2. The molecule has 0 aromatic heterocycles. The molecule has 2 heterocycles. The van der Waals surface area contributed by atoms with Gasteiger partial charge in [0, 0.05) is 0 Å². The van der Waals surface area contributed by atoms with Gasteiger partial charge in [-0.25, -0.2) is 0 Å². The number of nitrogens with one attached hydrogen (secondary N) is 1. The molecule has 3 heteroatoms. The Morgan fingerprint density at radius 2 is 2.22 bits per heavy atom. The standard InChI is InChI=1S/C6H9NO.ClH/c1-3-6-4-2-5(1)7-8-6;/h1,3,5-7H,2,4H2;1H. The topological polar surface area (TPSA) is 21.3 Å². The van der Waals surface area contributed by atoms with E-state index in [0.717, 1.165) is 0 Å². The average molecular weight is 148 g/mol. The van der Waals surface area contributed by atoms with Gasteiger partial charge in [0.25, 0.3) is 0 Å². The average Bonchev–Trinajstić information content (AvgIpc) is 1.92. The van der Waals surface area contributed by atoms with Gasteiger partial charge < -0.3 is 0 Å². The summed E-state index contributed by atoms with van der Waals surface area (Å²) in [5.41, 5.74) is 2.93. The van der Waals surface area contributed by atoms with Crippen molar-refractivity contribution in [2.45, 2.75) is 25.0 Å². The Morgan fingerprint density at radius 3 is 2.33 bits per heavy atom. The summed E-state index contributed by atoms with van der Waals surface area (Å²) < 4.78 is 0. The maximum absolute atomic E-state index is 5.14. The second kappa shape index (κ2) is 2.69. The van der Waals surface area contributed by atoms with Gasteiger partial charge in [-0.1, -0.05) is 12.2 Å². The first-order chi connectivity index (χ1) is 3.95. The molecule has 2 nitrogen and oxygen atoms in total. The van der Waals surface area contributed by atoms with Crippen molar-refractivity contribution in [1.82, 2.24) is 5.48 Å². The Labute approximate surface area is 60.6 Å². The van der Waals surface area contributed by atoms with Crippen LogP contribution in [0, 0.1) is 0 Å². The van der Waals surface area contributed by atoms with Crippen molar-refractivity contribution in [2.75, 3.05) is 0 Å². The molecule has 0 aromatic rings. The molecule has 3 aliphatic rings. The molecule has 0 spiro atoms. The van der Waals surface area contributed by atoms with Crippen LogP contribution >= 0.6 is 12.4 Å². The lowest BCUT2D eigenvalue weighted by Crippen LogP contribution is -2.41. The summed E-state index contributed by atoms with van der Waals surface area (Å²) >= 11 is 0. The minimum absolute atomic E-state index is 0. The molecular formula is C6H10ClNO. The van der Waals surface area contributed by atoms with Crippen LogP contribution in [0.4, 0.5) is 0 Å². The van der Waals surface area contributed by atoms with Gasteiger partial charge in [0.15, 0.2) is 0 Å². The quantitative estimate of drug-likeness (QED) is 0.517. The van der Waals surface area contributed by atoms with Crippen LogP contribution in [0.5, 0.6) is 0 Å². The van der Waals surface area contributed by atoms with E-state index in [-0.39, 0.29) is 12.4 Å². The molecule has 9 heavy (non-hydrogen) atoms. The number of hydroxylamine groups is 1. The molecule has 0 saturated carbocycles. The summed E-state index contributed by atoms with van der Waals surface area (Å²) in [6.07, 6.45) is 7.09. The zero-order valence-electron chi connectivity index (χ0n) is 5.04. The first kappa shape index (κ1) is 7.06. The Bertz CT molecular complexity index is 104. The molecule has 3 rings (SSSR count). The van der Waals surface area contributed by atoms with Crippen molar-refractivity contribution in [2.24, 2.45) is 0 Å². The minimum atomic E-state index is 0. The minimum Gasteiger partial charge on any atom is -0.294 e. The molecule has 0 radical (unpaired) electrons. The number of rotatable bonds is 0. The number of hydrogen-bond acceptors (Lipinski definition) is 2. The van der Waals surface area contributed by atoms with Gasteiger partial charge in [-0.05, 0) is 12.8 Å². The van der Waals surface area contributed by atoms with Crippen LogP contribution < -0.4 is 5.48 Å². The second-order valence-electron chi connectivity index (χ2n) is 2.34. The number of halogens is 1. The van der Waals surface area contributed by atoms with E-state index in [1.54, 1.807) is 0 Å². The fraction of sp³-hybridized carbons (Fsp3) is 0.667. The van der Waals surface area contributed by atoms with Gasteiger partial charge in [-0.2, -0.15) is 5.48 Å². The Balaban J connectivity index is 0.000000405. The SMILES string of the molecule is C1=CC2CCC1NO2.Cl. The molecule has 1 fully saturated rings. The van der Waals surface area contributed by atoms with Crippen molar-refractivity contribution >= 4 is 12.4 Å². The van der Waals surface area contributed by atoms with Gasteiger partial charge in [-0.3, -0.25) is 4.84 Å². The summed E-state index contributed by atoms with van der Waals surface area (Å²) in [6, 6.07) is 0.500. The Hall–Kier alpha value is -0.0500. The largest absolute Gasteiger partial charge is 0.294 e. The lowest BCUT2D eigenvalue weighted by Gasteiger charge is -2.30. The summed E-state index contributed by atoms with van der Waals surface area (Å²) in [6.45, 7) is 0. The molecular weight excluding hydrogens is 138 g/mol. The van der Waals surface area contributed by atoms with E-state index in [4.69, 9.17) is 4.84 Å².